The third-order valence-electron chi connectivity index (χ3n) is 4.42. The maximum Gasteiger partial charge on any atom is 0.259 e. The molecule has 0 atom stereocenters. The van der Waals surface area contributed by atoms with Crippen molar-refractivity contribution < 1.29 is 9.21 Å². The van der Waals surface area contributed by atoms with Gasteiger partial charge in [0.2, 0.25) is 5.88 Å². The first-order valence-electron chi connectivity index (χ1n) is 8.70. The van der Waals surface area contributed by atoms with Crippen LogP contribution in [0.1, 0.15) is 29.7 Å². The fourth-order valence-corrected chi connectivity index (χ4v) is 3.37. The number of halogens is 1. The number of furan rings is 1. The molecular weight excluding hydrogens is 396 g/mol. The predicted octanol–water partition coefficient (Wildman–Crippen LogP) is 3.82. The Hall–Kier alpha value is -2.28. The van der Waals surface area contributed by atoms with Gasteiger partial charge in [-0.3, -0.25) is 4.79 Å². The van der Waals surface area contributed by atoms with Gasteiger partial charge in [-0.1, -0.05) is 6.07 Å². The molecule has 6 nitrogen and oxygen atoms in total. The second-order valence-corrected chi connectivity index (χ2v) is 7.30. The van der Waals surface area contributed by atoms with Crippen LogP contribution in [0.15, 0.2) is 38.3 Å². The van der Waals surface area contributed by atoms with E-state index in [2.05, 4.69) is 43.6 Å². The molecule has 0 bridgehead atoms. The van der Waals surface area contributed by atoms with Gasteiger partial charge < -0.3 is 14.6 Å². The highest BCUT2D eigenvalue weighted by atomic mass is 79.9. The number of rotatable bonds is 6. The van der Waals surface area contributed by atoms with Crippen molar-refractivity contribution in [1.82, 2.24) is 5.43 Å². The number of carbonyl (C=O) groups excluding carboxylic acids is 1. The molecule has 7 heteroatoms. The summed E-state index contributed by atoms with van der Waals surface area (Å²) < 4.78 is 6.70. The Balaban J connectivity index is 1.49. The molecule has 0 saturated carbocycles. The molecule has 0 radical (unpaired) electrons. The molecule has 1 aliphatic rings. The molecule has 138 valence electrons. The Morgan fingerprint density at radius 2 is 2.04 bits per heavy atom. The van der Waals surface area contributed by atoms with Crippen LogP contribution in [0.2, 0.25) is 0 Å². The second kappa shape index (κ2) is 8.40. The smallest absolute Gasteiger partial charge is 0.259 e. The Morgan fingerprint density at radius 1 is 1.27 bits per heavy atom. The van der Waals surface area contributed by atoms with Gasteiger partial charge in [0.1, 0.15) is 0 Å². The first kappa shape index (κ1) is 18.5. The van der Waals surface area contributed by atoms with Crippen molar-refractivity contribution in [1.29, 1.82) is 0 Å². The van der Waals surface area contributed by atoms with Crippen LogP contribution >= 0.6 is 15.9 Å². The van der Waals surface area contributed by atoms with Gasteiger partial charge in [-0.25, -0.2) is 5.43 Å². The molecule has 26 heavy (non-hydrogen) atoms. The molecule has 1 aromatic carbocycles. The number of nitrogens with zero attached hydrogens (tertiary/aromatic N) is 2. The summed E-state index contributed by atoms with van der Waals surface area (Å²) in [7, 11) is 0. The second-order valence-electron chi connectivity index (χ2n) is 6.44. The summed E-state index contributed by atoms with van der Waals surface area (Å²) in [6.07, 6.45) is 3.87. The van der Waals surface area contributed by atoms with E-state index < -0.39 is 0 Å². The first-order valence-corrected chi connectivity index (χ1v) is 9.49. The number of carbonyl (C=O) groups is 1. The zero-order valence-electron chi connectivity index (χ0n) is 15.0. The minimum Gasteiger partial charge on any atom is -0.438 e. The number of benzene rings is 1. The highest BCUT2D eigenvalue weighted by Crippen LogP contribution is 2.31. The van der Waals surface area contributed by atoms with Crippen molar-refractivity contribution in [3.05, 3.63) is 45.6 Å². The molecule has 1 amide bonds. The number of hydrogen-bond donors (Lipinski definition) is 2. The van der Waals surface area contributed by atoms with Crippen LogP contribution < -0.4 is 15.6 Å². The lowest BCUT2D eigenvalue weighted by molar-refractivity contribution is -0.119. The topological polar surface area (TPSA) is 69.9 Å². The van der Waals surface area contributed by atoms with E-state index in [0.29, 0.717) is 5.76 Å². The van der Waals surface area contributed by atoms with E-state index in [1.165, 1.54) is 30.2 Å². The first-order chi connectivity index (χ1) is 12.5. The number of hydrogen-bond acceptors (Lipinski definition) is 5. The highest BCUT2D eigenvalue weighted by molar-refractivity contribution is 9.10. The quantitative estimate of drug-likeness (QED) is 0.552. The Morgan fingerprint density at radius 3 is 2.77 bits per heavy atom. The van der Waals surface area contributed by atoms with E-state index >= 15 is 0 Å². The zero-order chi connectivity index (χ0) is 18.5. The van der Waals surface area contributed by atoms with E-state index in [1.54, 1.807) is 0 Å². The van der Waals surface area contributed by atoms with Crippen LogP contribution in [0.4, 0.5) is 11.6 Å². The SMILES string of the molecule is Cc1ccc(NCC(=O)N/N=C\c2cc(Br)c(N3CCCC3)o2)cc1C. The van der Waals surface area contributed by atoms with E-state index in [0.717, 1.165) is 29.1 Å². The molecule has 2 heterocycles. The summed E-state index contributed by atoms with van der Waals surface area (Å²) in [4.78, 5) is 14.1. The highest BCUT2D eigenvalue weighted by Gasteiger charge is 2.19. The summed E-state index contributed by atoms with van der Waals surface area (Å²) in [6.45, 7) is 6.26. The number of aryl methyl sites for hydroxylation is 2. The Bertz CT molecular complexity index is 810. The van der Waals surface area contributed by atoms with Crippen LogP contribution in [-0.2, 0) is 4.79 Å². The third-order valence-corrected chi connectivity index (χ3v) is 4.99. The van der Waals surface area contributed by atoms with E-state index in [9.17, 15) is 4.79 Å². The van der Waals surface area contributed by atoms with Gasteiger partial charge in [0.05, 0.1) is 17.2 Å². The summed E-state index contributed by atoms with van der Waals surface area (Å²) in [5, 5.41) is 7.06. The monoisotopic (exact) mass is 418 g/mol. The normalized spacial score (nSPS) is 14.2. The summed E-state index contributed by atoms with van der Waals surface area (Å²) >= 11 is 3.52. The maximum atomic E-state index is 11.9. The molecule has 0 unspecified atom stereocenters. The van der Waals surface area contributed by atoms with Crippen LogP contribution in [0, 0.1) is 13.8 Å². The van der Waals surface area contributed by atoms with Gasteiger partial charge in [-0.05, 0) is 65.9 Å². The summed E-state index contributed by atoms with van der Waals surface area (Å²) in [5.41, 5.74) is 5.83. The molecule has 0 aliphatic carbocycles. The molecule has 0 spiro atoms. The standard InChI is InChI=1S/C19H23BrN4O2/c1-13-5-6-15(9-14(13)2)21-12-18(25)23-22-11-16-10-17(20)19(26-16)24-7-3-4-8-24/h5-6,9-11,21H,3-4,7-8,12H2,1-2H3,(H,23,25)/b22-11-. The van der Waals surface area contributed by atoms with Crippen molar-refractivity contribution in [2.75, 3.05) is 29.9 Å². The van der Waals surface area contributed by atoms with E-state index in [-0.39, 0.29) is 12.5 Å². The average Bonchev–Trinajstić information content (AvgIpc) is 3.25. The molecule has 1 aromatic heterocycles. The van der Waals surface area contributed by atoms with Crippen molar-refractivity contribution in [3.63, 3.8) is 0 Å². The Kier molecular flexibility index (Phi) is 5.98. The molecular formula is C19H23BrN4O2. The number of anilines is 2. The van der Waals surface area contributed by atoms with Gasteiger partial charge in [0, 0.05) is 24.8 Å². The molecule has 1 fully saturated rings. The van der Waals surface area contributed by atoms with E-state index in [1.807, 2.05) is 31.2 Å². The van der Waals surface area contributed by atoms with Crippen LogP contribution in [0.5, 0.6) is 0 Å². The van der Waals surface area contributed by atoms with Gasteiger partial charge in [0.25, 0.3) is 5.91 Å². The Labute approximate surface area is 161 Å². The van der Waals surface area contributed by atoms with Gasteiger partial charge >= 0.3 is 0 Å². The number of nitrogens with one attached hydrogen (secondary N) is 2. The van der Waals surface area contributed by atoms with Gasteiger partial charge in [-0.2, -0.15) is 5.10 Å². The summed E-state index contributed by atoms with van der Waals surface area (Å²) in [5.74, 6) is 1.21. The molecule has 2 aromatic rings. The third kappa shape index (κ3) is 4.66. The lowest BCUT2D eigenvalue weighted by Crippen LogP contribution is -2.25. The van der Waals surface area contributed by atoms with Crippen LogP contribution in [0.3, 0.4) is 0 Å². The largest absolute Gasteiger partial charge is 0.438 e. The van der Waals surface area contributed by atoms with Gasteiger partial charge in [0.15, 0.2) is 5.76 Å². The summed E-state index contributed by atoms with van der Waals surface area (Å²) in [6, 6.07) is 7.86. The number of amides is 1. The zero-order valence-corrected chi connectivity index (χ0v) is 16.6. The van der Waals surface area contributed by atoms with Crippen molar-refractivity contribution in [3.8, 4) is 0 Å². The van der Waals surface area contributed by atoms with Crippen molar-refractivity contribution >= 4 is 39.6 Å². The minimum atomic E-state index is -0.218. The molecule has 3 rings (SSSR count). The fraction of sp³-hybridized carbons (Fsp3) is 0.368. The van der Waals surface area contributed by atoms with Crippen molar-refractivity contribution in [2.24, 2.45) is 5.10 Å². The van der Waals surface area contributed by atoms with Crippen molar-refractivity contribution in [2.45, 2.75) is 26.7 Å². The van der Waals surface area contributed by atoms with Gasteiger partial charge in [-0.15, -0.1) is 0 Å². The maximum absolute atomic E-state index is 11.9. The molecule has 1 aliphatic heterocycles. The van der Waals surface area contributed by atoms with Crippen LogP contribution in [0.25, 0.3) is 0 Å². The minimum absolute atomic E-state index is 0.153. The lowest BCUT2D eigenvalue weighted by atomic mass is 10.1. The molecule has 2 N–H and O–H groups in total. The van der Waals surface area contributed by atoms with Crippen LogP contribution in [-0.4, -0.2) is 31.8 Å². The lowest BCUT2D eigenvalue weighted by Gasteiger charge is -2.13. The fourth-order valence-electron chi connectivity index (χ4n) is 2.82. The molecule has 1 saturated heterocycles. The van der Waals surface area contributed by atoms with E-state index in [4.69, 9.17) is 4.42 Å². The number of hydrazone groups is 1. The average molecular weight is 419 g/mol. The predicted molar refractivity (Wildman–Crippen MR) is 108 cm³/mol.